The van der Waals surface area contributed by atoms with Gasteiger partial charge in [-0.15, -0.1) is 5.10 Å². The maximum absolute atomic E-state index is 12.3. The van der Waals surface area contributed by atoms with E-state index in [1.165, 1.54) is 0 Å². The van der Waals surface area contributed by atoms with E-state index in [2.05, 4.69) is 20.5 Å². The zero-order valence-corrected chi connectivity index (χ0v) is 13.8. The molecule has 7 nitrogen and oxygen atoms in total. The summed E-state index contributed by atoms with van der Waals surface area (Å²) in [5.41, 5.74) is 0.442. The number of hydrogen-bond donors (Lipinski definition) is 1. The van der Waals surface area contributed by atoms with Crippen molar-refractivity contribution in [3.63, 3.8) is 0 Å². The normalized spacial score (nSPS) is 22.4. The van der Waals surface area contributed by atoms with Crippen molar-refractivity contribution in [2.45, 2.75) is 18.4 Å². The van der Waals surface area contributed by atoms with Gasteiger partial charge in [-0.05, 0) is 24.3 Å². The highest BCUT2D eigenvalue weighted by Crippen LogP contribution is 2.32. The number of carbonyl (C=O) groups excluding carboxylic acids is 1. The minimum atomic E-state index is -0.140. The number of aromatic nitrogens is 3. The molecule has 3 heterocycles. The maximum atomic E-state index is 12.3. The van der Waals surface area contributed by atoms with Crippen LogP contribution in [-0.4, -0.2) is 75.7 Å². The van der Waals surface area contributed by atoms with Crippen LogP contribution in [0, 0.1) is 0 Å². The monoisotopic (exact) mass is 325 g/mol. The van der Waals surface area contributed by atoms with Gasteiger partial charge < -0.3 is 10.1 Å². The lowest BCUT2D eigenvalue weighted by Gasteiger charge is -2.47. The van der Waals surface area contributed by atoms with Crippen molar-refractivity contribution in [3.05, 3.63) is 11.9 Å². The summed E-state index contributed by atoms with van der Waals surface area (Å²) in [6.07, 6.45) is 3.87. The van der Waals surface area contributed by atoms with Crippen molar-refractivity contribution in [2.75, 3.05) is 44.4 Å². The summed E-state index contributed by atoms with van der Waals surface area (Å²) in [4.78, 5) is 14.8. The molecule has 1 N–H and O–H groups in total. The van der Waals surface area contributed by atoms with E-state index < -0.39 is 0 Å². The number of morpholine rings is 1. The third kappa shape index (κ3) is 3.44. The lowest BCUT2D eigenvalue weighted by Crippen LogP contribution is -2.60. The molecule has 0 aliphatic carbocycles. The highest BCUT2D eigenvalue weighted by Gasteiger charge is 2.39. The average molecular weight is 325 g/mol. The third-order valence-electron chi connectivity index (χ3n) is 4.52. The van der Waals surface area contributed by atoms with Crippen LogP contribution in [0.4, 0.5) is 0 Å². The van der Waals surface area contributed by atoms with Crippen LogP contribution >= 0.6 is 11.8 Å². The fourth-order valence-electron chi connectivity index (χ4n) is 3.18. The Kier molecular flexibility index (Phi) is 5.00. The van der Waals surface area contributed by atoms with E-state index in [4.69, 9.17) is 4.74 Å². The fourth-order valence-corrected chi connectivity index (χ4v) is 4.43. The van der Waals surface area contributed by atoms with Crippen LogP contribution in [-0.2, 0) is 11.8 Å². The van der Waals surface area contributed by atoms with Crippen molar-refractivity contribution >= 4 is 17.7 Å². The fraction of sp³-hybridized carbons (Fsp3) is 0.786. The second kappa shape index (κ2) is 6.97. The SMILES string of the molecule is Cn1cc(C(=O)NCC2(N3CCOCC3)CCSCC2)nn1. The van der Waals surface area contributed by atoms with Crippen LogP contribution in [0.3, 0.4) is 0 Å². The molecule has 22 heavy (non-hydrogen) atoms. The van der Waals surface area contributed by atoms with Crippen molar-refractivity contribution in [3.8, 4) is 0 Å². The van der Waals surface area contributed by atoms with Gasteiger partial charge in [-0.25, -0.2) is 0 Å². The summed E-state index contributed by atoms with van der Waals surface area (Å²) in [5, 5.41) is 10.8. The summed E-state index contributed by atoms with van der Waals surface area (Å²) in [6, 6.07) is 0. The molecule has 2 fully saturated rings. The molecule has 122 valence electrons. The van der Waals surface area contributed by atoms with Crippen LogP contribution in [0.1, 0.15) is 23.3 Å². The molecule has 0 atom stereocenters. The zero-order valence-electron chi connectivity index (χ0n) is 13.0. The molecule has 0 saturated carbocycles. The van der Waals surface area contributed by atoms with E-state index >= 15 is 0 Å². The number of nitrogens with one attached hydrogen (secondary N) is 1. The molecule has 0 spiro atoms. The lowest BCUT2D eigenvalue weighted by atomic mass is 9.89. The number of aryl methyl sites for hydroxylation is 1. The maximum Gasteiger partial charge on any atom is 0.273 e. The molecule has 1 aromatic heterocycles. The first-order valence-corrected chi connectivity index (χ1v) is 8.90. The number of thioether (sulfide) groups is 1. The highest BCUT2D eigenvalue weighted by molar-refractivity contribution is 7.99. The van der Waals surface area contributed by atoms with Crippen molar-refractivity contribution in [1.82, 2.24) is 25.2 Å². The van der Waals surface area contributed by atoms with Gasteiger partial charge in [-0.2, -0.15) is 11.8 Å². The quantitative estimate of drug-likeness (QED) is 0.849. The van der Waals surface area contributed by atoms with Gasteiger partial charge in [0.1, 0.15) is 0 Å². The van der Waals surface area contributed by atoms with E-state index in [1.807, 2.05) is 11.8 Å². The minimum Gasteiger partial charge on any atom is -0.379 e. The van der Waals surface area contributed by atoms with E-state index in [0.717, 1.165) is 50.7 Å². The zero-order chi connectivity index (χ0) is 15.4. The van der Waals surface area contributed by atoms with E-state index in [-0.39, 0.29) is 11.4 Å². The Labute approximate surface area is 134 Å². The molecule has 2 saturated heterocycles. The number of rotatable bonds is 4. The first kappa shape index (κ1) is 15.8. The van der Waals surface area contributed by atoms with E-state index in [1.54, 1.807) is 17.9 Å². The molecule has 2 aliphatic heterocycles. The van der Waals surface area contributed by atoms with Gasteiger partial charge in [0.15, 0.2) is 5.69 Å². The van der Waals surface area contributed by atoms with Gasteiger partial charge in [0.2, 0.25) is 0 Å². The molecule has 0 radical (unpaired) electrons. The number of nitrogens with zero attached hydrogens (tertiary/aromatic N) is 4. The average Bonchev–Trinajstić information content (AvgIpc) is 3.01. The van der Waals surface area contributed by atoms with Crippen LogP contribution in [0.5, 0.6) is 0 Å². The van der Waals surface area contributed by atoms with Gasteiger partial charge in [-0.1, -0.05) is 5.21 Å². The molecular formula is C14H23N5O2S. The highest BCUT2D eigenvalue weighted by atomic mass is 32.2. The van der Waals surface area contributed by atoms with Gasteiger partial charge in [0.25, 0.3) is 5.91 Å². The number of ether oxygens (including phenoxy) is 1. The molecule has 0 unspecified atom stereocenters. The molecule has 8 heteroatoms. The van der Waals surface area contributed by atoms with E-state index in [0.29, 0.717) is 12.2 Å². The Bertz CT molecular complexity index is 509. The second-order valence-corrected chi connectivity index (χ2v) is 7.12. The molecule has 1 aromatic rings. The van der Waals surface area contributed by atoms with Crippen LogP contribution in [0.2, 0.25) is 0 Å². The minimum absolute atomic E-state index is 0.0624. The Morgan fingerprint density at radius 2 is 2.14 bits per heavy atom. The Morgan fingerprint density at radius 1 is 1.41 bits per heavy atom. The Balaban J connectivity index is 1.66. The van der Waals surface area contributed by atoms with Crippen molar-refractivity contribution < 1.29 is 9.53 Å². The molecule has 3 rings (SSSR count). The van der Waals surface area contributed by atoms with Crippen molar-refractivity contribution in [2.24, 2.45) is 7.05 Å². The van der Waals surface area contributed by atoms with Crippen molar-refractivity contribution in [1.29, 1.82) is 0 Å². The van der Waals surface area contributed by atoms with Gasteiger partial charge >= 0.3 is 0 Å². The Morgan fingerprint density at radius 3 is 2.77 bits per heavy atom. The number of amides is 1. The summed E-state index contributed by atoms with van der Waals surface area (Å²) >= 11 is 2.00. The first-order chi connectivity index (χ1) is 10.7. The van der Waals surface area contributed by atoms with Gasteiger partial charge in [0.05, 0.1) is 19.4 Å². The summed E-state index contributed by atoms with van der Waals surface area (Å²) < 4.78 is 7.02. The number of hydrogen-bond acceptors (Lipinski definition) is 6. The summed E-state index contributed by atoms with van der Waals surface area (Å²) in [7, 11) is 1.76. The summed E-state index contributed by atoms with van der Waals surface area (Å²) in [6.45, 7) is 4.14. The predicted octanol–water partition coefficient (Wildman–Crippen LogP) is 0.143. The molecule has 0 aromatic carbocycles. The van der Waals surface area contributed by atoms with Crippen LogP contribution < -0.4 is 5.32 Å². The topological polar surface area (TPSA) is 72.3 Å². The van der Waals surface area contributed by atoms with Crippen LogP contribution in [0.25, 0.3) is 0 Å². The van der Waals surface area contributed by atoms with E-state index in [9.17, 15) is 4.79 Å². The van der Waals surface area contributed by atoms with Crippen LogP contribution in [0.15, 0.2) is 6.20 Å². The molecule has 1 amide bonds. The first-order valence-electron chi connectivity index (χ1n) is 7.75. The third-order valence-corrected chi connectivity index (χ3v) is 5.50. The molecular weight excluding hydrogens is 302 g/mol. The molecule has 2 aliphatic rings. The molecule has 0 bridgehead atoms. The van der Waals surface area contributed by atoms with Gasteiger partial charge in [0, 0.05) is 32.2 Å². The predicted molar refractivity (Wildman–Crippen MR) is 85.0 cm³/mol. The Hall–Kier alpha value is -1.12. The second-order valence-electron chi connectivity index (χ2n) is 5.90. The number of carbonyl (C=O) groups is 1. The van der Waals surface area contributed by atoms with Gasteiger partial charge in [-0.3, -0.25) is 14.4 Å². The smallest absolute Gasteiger partial charge is 0.273 e. The standard InChI is InChI=1S/C14H23N5O2S/c1-18-10-12(16-17-18)13(20)15-11-14(2-8-22-9-3-14)19-4-6-21-7-5-19/h10H,2-9,11H2,1H3,(H,15,20). The lowest BCUT2D eigenvalue weighted by molar-refractivity contribution is -0.0255. The largest absolute Gasteiger partial charge is 0.379 e. The summed E-state index contributed by atoms with van der Waals surface area (Å²) in [5.74, 6) is 2.16.